The molecule has 5 heteroatoms. The Morgan fingerprint density at radius 1 is 1.30 bits per heavy atom. The maximum atomic E-state index is 15.0. The Labute approximate surface area is 173 Å². The van der Waals surface area contributed by atoms with Crippen LogP contribution in [0.4, 0.5) is 4.39 Å². The monoisotopic (exact) mass is 448 g/mol. The lowest BCUT2D eigenvalue weighted by Gasteiger charge is -2.37. The molecule has 1 N–H and O–H groups in total. The molecule has 1 saturated heterocycles. The summed E-state index contributed by atoms with van der Waals surface area (Å²) >= 11 is 9.50. The minimum absolute atomic E-state index is 0.00513. The van der Waals surface area contributed by atoms with E-state index in [2.05, 4.69) is 48.1 Å². The van der Waals surface area contributed by atoms with Gasteiger partial charge < -0.3 is 5.32 Å². The van der Waals surface area contributed by atoms with Crippen molar-refractivity contribution in [1.29, 1.82) is 5.26 Å². The van der Waals surface area contributed by atoms with E-state index in [9.17, 15) is 5.26 Å². The summed E-state index contributed by atoms with van der Waals surface area (Å²) in [7, 11) is 0. The number of nitrogens with one attached hydrogen (secondary N) is 1. The standard InChI is InChI=1S/C22H23BrClFN2/c1-21(2,3)11-20-22(13-26,17-8-7-16(24)10-19(17)25)18(12-27-20)14-5-4-6-15(23)9-14/h4-10,18,20,27H,11-12H2,1-3H3/t18-,20+,22-/m1/s1. The predicted molar refractivity (Wildman–Crippen MR) is 111 cm³/mol. The van der Waals surface area contributed by atoms with Gasteiger partial charge in [-0.05, 0) is 41.7 Å². The summed E-state index contributed by atoms with van der Waals surface area (Å²) in [6.07, 6.45) is 0.757. The van der Waals surface area contributed by atoms with Crippen LogP contribution in [0.25, 0.3) is 0 Å². The third-order valence-electron chi connectivity index (χ3n) is 5.30. The van der Waals surface area contributed by atoms with Gasteiger partial charge in [0.2, 0.25) is 0 Å². The van der Waals surface area contributed by atoms with E-state index in [0.29, 0.717) is 17.1 Å². The van der Waals surface area contributed by atoms with Crippen molar-refractivity contribution in [2.75, 3.05) is 6.54 Å². The van der Waals surface area contributed by atoms with Crippen LogP contribution in [0.1, 0.15) is 44.2 Å². The van der Waals surface area contributed by atoms with E-state index < -0.39 is 11.2 Å². The fourth-order valence-corrected chi connectivity index (χ4v) is 4.77. The zero-order valence-electron chi connectivity index (χ0n) is 15.7. The van der Waals surface area contributed by atoms with Crippen molar-refractivity contribution in [2.45, 2.75) is 44.6 Å². The predicted octanol–water partition coefficient (Wildman–Crippen LogP) is 6.19. The molecule has 0 radical (unpaired) electrons. The van der Waals surface area contributed by atoms with Crippen molar-refractivity contribution in [3.8, 4) is 6.07 Å². The Bertz CT molecular complexity index is 887. The highest BCUT2D eigenvalue weighted by Gasteiger charge is 2.54. The highest BCUT2D eigenvalue weighted by Crippen LogP contribution is 2.49. The molecule has 2 aromatic carbocycles. The molecule has 0 unspecified atom stereocenters. The number of halogens is 3. The molecule has 0 aliphatic carbocycles. The summed E-state index contributed by atoms with van der Waals surface area (Å²) in [6, 6.07) is 15.0. The van der Waals surface area contributed by atoms with E-state index in [1.54, 1.807) is 12.1 Å². The molecule has 0 spiro atoms. The maximum Gasteiger partial charge on any atom is 0.129 e. The van der Waals surface area contributed by atoms with E-state index in [1.165, 1.54) is 6.07 Å². The van der Waals surface area contributed by atoms with Crippen LogP contribution in [0.5, 0.6) is 0 Å². The number of benzene rings is 2. The van der Waals surface area contributed by atoms with Crippen molar-refractivity contribution in [3.05, 3.63) is 68.9 Å². The Morgan fingerprint density at radius 3 is 2.63 bits per heavy atom. The molecule has 2 aromatic rings. The van der Waals surface area contributed by atoms with Gasteiger partial charge in [-0.3, -0.25) is 0 Å². The fraction of sp³-hybridized carbons (Fsp3) is 0.409. The molecule has 1 heterocycles. The van der Waals surface area contributed by atoms with Crippen LogP contribution in [-0.2, 0) is 5.41 Å². The third-order valence-corrected chi connectivity index (χ3v) is 6.03. The number of rotatable bonds is 3. The Balaban J connectivity index is 2.20. The van der Waals surface area contributed by atoms with Crippen LogP contribution in [0.3, 0.4) is 0 Å². The highest BCUT2D eigenvalue weighted by molar-refractivity contribution is 9.10. The second-order valence-electron chi connectivity index (χ2n) is 8.44. The molecule has 1 aliphatic heterocycles. The fourth-order valence-electron chi connectivity index (χ4n) is 4.19. The molecule has 0 bridgehead atoms. The van der Waals surface area contributed by atoms with Gasteiger partial charge >= 0.3 is 0 Å². The lowest BCUT2D eigenvalue weighted by Crippen LogP contribution is -2.44. The second-order valence-corrected chi connectivity index (χ2v) is 9.79. The topological polar surface area (TPSA) is 35.8 Å². The zero-order chi connectivity index (χ0) is 19.8. The molecule has 0 amide bonds. The van der Waals surface area contributed by atoms with Crippen molar-refractivity contribution < 1.29 is 4.39 Å². The van der Waals surface area contributed by atoms with Gasteiger partial charge in [-0.1, -0.05) is 66.5 Å². The molecule has 1 aliphatic rings. The molecule has 0 aromatic heterocycles. The van der Waals surface area contributed by atoms with Gasteiger partial charge in [0, 0.05) is 33.6 Å². The summed E-state index contributed by atoms with van der Waals surface area (Å²) in [6.45, 7) is 7.04. The summed E-state index contributed by atoms with van der Waals surface area (Å²) in [4.78, 5) is 0. The summed E-state index contributed by atoms with van der Waals surface area (Å²) in [5, 5.41) is 14.3. The molecular weight excluding hydrogens is 427 g/mol. The van der Waals surface area contributed by atoms with Crippen LogP contribution < -0.4 is 5.32 Å². The van der Waals surface area contributed by atoms with Crippen LogP contribution >= 0.6 is 27.5 Å². The number of hydrogen-bond donors (Lipinski definition) is 1. The molecule has 0 saturated carbocycles. The van der Waals surface area contributed by atoms with E-state index in [-0.39, 0.29) is 17.4 Å². The van der Waals surface area contributed by atoms with Crippen LogP contribution in [0.2, 0.25) is 5.02 Å². The van der Waals surface area contributed by atoms with E-state index in [4.69, 9.17) is 11.6 Å². The normalized spacial score (nSPS) is 25.4. The average Bonchev–Trinajstić information content (AvgIpc) is 2.92. The van der Waals surface area contributed by atoms with Gasteiger partial charge in [0.15, 0.2) is 0 Å². The Kier molecular flexibility index (Phi) is 5.68. The van der Waals surface area contributed by atoms with Gasteiger partial charge in [-0.2, -0.15) is 5.26 Å². The smallest absolute Gasteiger partial charge is 0.129 e. The second kappa shape index (κ2) is 7.54. The minimum atomic E-state index is -1.01. The van der Waals surface area contributed by atoms with Gasteiger partial charge in [0.25, 0.3) is 0 Å². The van der Waals surface area contributed by atoms with Gasteiger partial charge in [0.05, 0.1) is 6.07 Å². The molecule has 3 rings (SSSR count). The first-order valence-corrected chi connectivity index (χ1v) is 10.2. The maximum absolute atomic E-state index is 15.0. The Morgan fingerprint density at radius 2 is 2.04 bits per heavy atom. The number of nitriles is 1. The van der Waals surface area contributed by atoms with E-state index in [0.717, 1.165) is 16.5 Å². The van der Waals surface area contributed by atoms with Crippen LogP contribution in [0, 0.1) is 22.6 Å². The van der Waals surface area contributed by atoms with Crippen molar-refractivity contribution in [2.24, 2.45) is 5.41 Å². The molecule has 1 fully saturated rings. The SMILES string of the molecule is CC(C)(C)C[C@@H]1NC[C@H](c2cccc(Br)c2)[C@@]1(C#N)c1ccc(Cl)cc1F. The summed E-state index contributed by atoms with van der Waals surface area (Å²) in [5.74, 6) is -0.588. The van der Waals surface area contributed by atoms with Crippen LogP contribution in [0.15, 0.2) is 46.9 Å². The molecular formula is C22H23BrClFN2. The van der Waals surface area contributed by atoms with E-state index >= 15 is 4.39 Å². The van der Waals surface area contributed by atoms with Crippen molar-refractivity contribution in [3.63, 3.8) is 0 Å². The molecule has 2 nitrogen and oxygen atoms in total. The minimum Gasteiger partial charge on any atom is -0.311 e. The third kappa shape index (κ3) is 3.92. The quantitative estimate of drug-likeness (QED) is 0.606. The molecule has 27 heavy (non-hydrogen) atoms. The Hall–Kier alpha value is -1.41. The molecule has 142 valence electrons. The first-order valence-electron chi connectivity index (χ1n) is 9.03. The molecule has 3 atom stereocenters. The highest BCUT2D eigenvalue weighted by atomic mass is 79.9. The van der Waals surface area contributed by atoms with Gasteiger partial charge in [-0.25, -0.2) is 4.39 Å². The lowest BCUT2D eigenvalue weighted by atomic mass is 9.64. The van der Waals surface area contributed by atoms with Crippen LogP contribution in [-0.4, -0.2) is 12.6 Å². The van der Waals surface area contributed by atoms with Crippen molar-refractivity contribution >= 4 is 27.5 Å². The van der Waals surface area contributed by atoms with E-state index in [1.807, 2.05) is 24.3 Å². The first-order chi connectivity index (χ1) is 12.7. The van der Waals surface area contributed by atoms with Gasteiger partial charge in [0.1, 0.15) is 11.2 Å². The largest absolute Gasteiger partial charge is 0.311 e. The van der Waals surface area contributed by atoms with Crippen molar-refractivity contribution in [1.82, 2.24) is 5.32 Å². The average molecular weight is 450 g/mol. The lowest BCUT2D eigenvalue weighted by molar-refractivity contribution is 0.279. The summed E-state index contributed by atoms with van der Waals surface area (Å²) < 4.78 is 16.0. The first kappa shape index (κ1) is 20.3. The number of hydrogen-bond acceptors (Lipinski definition) is 2. The van der Waals surface area contributed by atoms with Gasteiger partial charge in [-0.15, -0.1) is 0 Å². The summed E-state index contributed by atoms with van der Waals surface area (Å²) in [5.41, 5.74) is 0.417. The zero-order valence-corrected chi connectivity index (χ0v) is 18.0. The number of nitrogens with zero attached hydrogens (tertiary/aromatic N) is 1.